The maximum Gasteiger partial charge on any atom is 0.253 e. The van der Waals surface area contributed by atoms with Gasteiger partial charge in [0, 0.05) is 36.7 Å². The fraction of sp³-hybridized carbons (Fsp3) is 0.360. The summed E-state index contributed by atoms with van der Waals surface area (Å²) in [7, 11) is 0. The van der Waals surface area contributed by atoms with Crippen molar-refractivity contribution in [1.82, 2.24) is 15.2 Å². The zero-order valence-corrected chi connectivity index (χ0v) is 19.2. The number of ether oxygens (including phenoxy) is 3. The van der Waals surface area contributed by atoms with Gasteiger partial charge in [0.25, 0.3) is 5.56 Å². The van der Waals surface area contributed by atoms with Gasteiger partial charge in [0.15, 0.2) is 16.6 Å². The van der Waals surface area contributed by atoms with Crippen LogP contribution >= 0.6 is 12.2 Å². The van der Waals surface area contributed by atoms with Gasteiger partial charge in [0.2, 0.25) is 0 Å². The maximum absolute atomic E-state index is 12.9. The highest BCUT2D eigenvalue weighted by Crippen LogP contribution is 2.33. The minimum Gasteiger partial charge on any atom is -0.486 e. The highest BCUT2D eigenvalue weighted by molar-refractivity contribution is 7.80. The molecule has 1 aromatic heterocycles. The van der Waals surface area contributed by atoms with Crippen molar-refractivity contribution in [3.05, 3.63) is 70.0 Å². The molecule has 0 radical (unpaired) electrons. The van der Waals surface area contributed by atoms with E-state index in [1.807, 2.05) is 41.3 Å². The molecule has 1 saturated heterocycles. The van der Waals surface area contributed by atoms with E-state index in [-0.39, 0.29) is 11.7 Å². The molecule has 2 N–H and O–H groups in total. The van der Waals surface area contributed by atoms with Crippen LogP contribution in [-0.4, -0.2) is 47.5 Å². The quantitative estimate of drug-likeness (QED) is 0.541. The Kier molecular flexibility index (Phi) is 6.46. The van der Waals surface area contributed by atoms with Crippen molar-refractivity contribution in [2.45, 2.75) is 32.0 Å². The lowest BCUT2D eigenvalue weighted by molar-refractivity contribution is 0.113. The molecule has 0 saturated carbocycles. The molecule has 0 spiro atoms. The third kappa shape index (κ3) is 5.12. The molecule has 1 atom stereocenters. The van der Waals surface area contributed by atoms with Crippen LogP contribution in [-0.2, 0) is 17.8 Å². The molecule has 2 aliphatic rings. The summed E-state index contributed by atoms with van der Waals surface area (Å²) in [5, 5.41) is 4.85. The lowest BCUT2D eigenvalue weighted by Gasteiger charge is -2.27. The van der Waals surface area contributed by atoms with E-state index in [4.69, 9.17) is 26.4 Å². The Hall–Kier alpha value is -3.10. The van der Waals surface area contributed by atoms with Crippen LogP contribution in [0.3, 0.4) is 0 Å². The zero-order chi connectivity index (χ0) is 22.6. The van der Waals surface area contributed by atoms with E-state index in [2.05, 4.69) is 22.4 Å². The van der Waals surface area contributed by atoms with Crippen LogP contribution in [0.5, 0.6) is 11.5 Å². The van der Waals surface area contributed by atoms with Gasteiger partial charge < -0.3 is 29.4 Å². The molecule has 0 amide bonds. The number of hydrogen-bond acceptors (Lipinski definition) is 5. The predicted octanol–water partition coefficient (Wildman–Crippen LogP) is 3.36. The average Bonchev–Trinajstić information content (AvgIpc) is 3.36. The van der Waals surface area contributed by atoms with Gasteiger partial charge in [0.05, 0.1) is 18.2 Å². The van der Waals surface area contributed by atoms with Crippen molar-refractivity contribution in [3.8, 4) is 11.5 Å². The lowest BCUT2D eigenvalue weighted by Crippen LogP contribution is -2.42. The highest BCUT2D eigenvalue weighted by atomic mass is 32.1. The van der Waals surface area contributed by atoms with Gasteiger partial charge in [-0.05, 0) is 42.8 Å². The van der Waals surface area contributed by atoms with Crippen molar-refractivity contribution < 1.29 is 14.2 Å². The van der Waals surface area contributed by atoms with Crippen LogP contribution in [0.2, 0.25) is 0 Å². The average molecular weight is 466 g/mol. The second-order valence-corrected chi connectivity index (χ2v) is 8.76. The zero-order valence-electron chi connectivity index (χ0n) is 18.3. The Morgan fingerprint density at radius 2 is 1.85 bits per heavy atom. The molecule has 2 aromatic carbocycles. The van der Waals surface area contributed by atoms with E-state index in [0.717, 1.165) is 35.9 Å². The Labute approximate surface area is 197 Å². The summed E-state index contributed by atoms with van der Waals surface area (Å²) in [6, 6.07) is 15.8. The second kappa shape index (κ2) is 9.80. The third-order valence-corrected chi connectivity index (χ3v) is 6.36. The molecule has 0 unspecified atom stereocenters. The van der Waals surface area contributed by atoms with Gasteiger partial charge in [-0.2, -0.15) is 0 Å². The SMILES string of the molecule is O=c1[nH]c2cc3c(cc2cc1CN(Cc1ccccc1)C(=S)NC[C@@H]1CCCO1)OCCO3. The number of benzene rings is 2. The number of fused-ring (bicyclic) bond motifs is 2. The number of aromatic nitrogens is 1. The Bertz CT molecular complexity index is 1190. The summed E-state index contributed by atoms with van der Waals surface area (Å²) >= 11 is 5.74. The lowest BCUT2D eigenvalue weighted by atomic mass is 10.1. The topological polar surface area (TPSA) is 75.8 Å². The number of aromatic amines is 1. The molecule has 3 heterocycles. The minimum atomic E-state index is -0.140. The minimum absolute atomic E-state index is 0.140. The van der Waals surface area contributed by atoms with Crippen molar-refractivity contribution in [2.75, 3.05) is 26.4 Å². The van der Waals surface area contributed by atoms with E-state index in [1.54, 1.807) is 0 Å². The molecule has 2 aliphatic heterocycles. The second-order valence-electron chi connectivity index (χ2n) is 8.37. The first-order chi connectivity index (χ1) is 16.2. The Morgan fingerprint density at radius 3 is 2.61 bits per heavy atom. The van der Waals surface area contributed by atoms with E-state index in [0.29, 0.717) is 55.0 Å². The van der Waals surface area contributed by atoms with Crippen LogP contribution in [0.25, 0.3) is 10.9 Å². The largest absolute Gasteiger partial charge is 0.486 e. The van der Waals surface area contributed by atoms with Crippen molar-refractivity contribution in [2.24, 2.45) is 0 Å². The van der Waals surface area contributed by atoms with Crippen molar-refractivity contribution >= 4 is 28.2 Å². The standard InChI is InChI=1S/C25H27N3O4S/c29-24-19(11-18-12-22-23(13-21(18)27-24)32-10-9-31-22)16-28(15-17-5-2-1-3-6-17)25(33)26-14-20-7-4-8-30-20/h1-3,5-6,11-13,20H,4,7-10,14-16H2,(H,26,33)(H,27,29)/t20-/m0/s1. The normalized spacial score (nSPS) is 17.2. The molecule has 5 rings (SSSR count). The van der Waals surface area contributed by atoms with Gasteiger partial charge in [-0.1, -0.05) is 30.3 Å². The molecule has 0 aliphatic carbocycles. The molecule has 7 nitrogen and oxygen atoms in total. The first-order valence-electron chi connectivity index (χ1n) is 11.3. The Morgan fingerprint density at radius 1 is 1.06 bits per heavy atom. The number of nitrogens with one attached hydrogen (secondary N) is 2. The van der Waals surface area contributed by atoms with E-state index in [9.17, 15) is 4.79 Å². The van der Waals surface area contributed by atoms with Gasteiger partial charge in [-0.15, -0.1) is 0 Å². The van der Waals surface area contributed by atoms with Crippen molar-refractivity contribution in [3.63, 3.8) is 0 Å². The summed E-state index contributed by atoms with van der Waals surface area (Å²) < 4.78 is 17.1. The van der Waals surface area contributed by atoms with Gasteiger partial charge >= 0.3 is 0 Å². The first kappa shape index (κ1) is 21.7. The van der Waals surface area contributed by atoms with Crippen LogP contribution in [0, 0.1) is 0 Å². The molecular formula is C25H27N3O4S. The highest BCUT2D eigenvalue weighted by Gasteiger charge is 2.19. The van der Waals surface area contributed by atoms with Gasteiger partial charge in [0.1, 0.15) is 13.2 Å². The first-order valence-corrected chi connectivity index (χ1v) is 11.7. The smallest absolute Gasteiger partial charge is 0.253 e. The molecule has 8 heteroatoms. The molecule has 3 aromatic rings. The summed E-state index contributed by atoms with van der Waals surface area (Å²) in [6.45, 7) is 3.47. The number of rotatable bonds is 6. The molecule has 0 bridgehead atoms. The van der Waals surface area contributed by atoms with Crippen LogP contribution in [0.4, 0.5) is 0 Å². The Balaban J connectivity index is 1.40. The summed E-state index contributed by atoms with van der Waals surface area (Å²) in [4.78, 5) is 18.0. The van der Waals surface area contributed by atoms with E-state index < -0.39 is 0 Å². The van der Waals surface area contributed by atoms with E-state index in [1.165, 1.54) is 0 Å². The van der Waals surface area contributed by atoms with Gasteiger partial charge in [-0.25, -0.2) is 0 Å². The monoisotopic (exact) mass is 465 g/mol. The summed E-state index contributed by atoms with van der Waals surface area (Å²) in [6.07, 6.45) is 2.30. The fourth-order valence-electron chi connectivity index (χ4n) is 4.23. The van der Waals surface area contributed by atoms with Crippen LogP contribution in [0.15, 0.2) is 53.3 Å². The molecule has 1 fully saturated rings. The number of pyridine rings is 1. The molecular weight excluding hydrogens is 438 g/mol. The van der Waals surface area contributed by atoms with Crippen molar-refractivity contribution in [1.29, 1.82) is 0 Å². The number of hydrogen-bond donors (Lipinski definition) is 2. The fourth-order valence-corrected chi connectivity index (χ4v) is 4.45. The summed E-state index contributed by atoms with van der Waals surface area (Å²) in [5.74, 6) is 1.35. The predicted molar refractivity (Wildman–Crippen MR) is 131 cm³/mol. The van der Waals surface area contributed by atoms with Crippen LogP contribution in [0.1, 0.15) is 24.0 Å². The molecule has 33 heavy (non-hydrogen) atoms. The van der Waals surface area contributed by atoms with Crippen LogP contribution < -0.4 is 20.3 Å². The molecule has 172 valence electrons. The van der Waals surface area contributed by atoms with E-state index >= 15 is 0 Å². The van der Waals surface area contributed by atoms with Gasteiger partial charge in [-0.3, -0.25) is 4.79 Å². The number of thiocarbonyl (C=S) groups is 1. The number of H-pyrrole nitrogens is 1. The number of nitrogens with zero attached hydrogens (tertiary/aromatic N) is 1. The maximum atomic E-state index is 12.9. The summed E-state index contributed by atoms with van der Waals surface area (Å²) in [5.41, 5.74) is 2.34. The third-order valence-electron chi connectivity index (χ3n) is 5.95.